The molecule has 0 bridgehead atoms. The van der Waals surface area contributed by atoms with Crippen LogP contribution in [0.4, 0.5) is 0 Å². The molecule has 0 amide bonds. The topological polar surface area (TPSA) is 143 Å². The maximum absolute atomic E-state index is 12.8. The molecule has 2 aliphatic rings. The van der Waals surface area contributed by atoms with Crippen molar-refractivity contribution in [3.63, 3.8) is 0 Å². The number of carbonyl (C=O) groups is 4. The highest BCUT2D eigenvalue weighted by Gasteiger charge is 2.24. The van der Waals surface area contributed by atoms with Crippen molar-refractivity contribution in [1.29, 1.82) is 0 Å². The van der Waals surface area contributed by atoms with Crippen LogP contribution in [0.1, 0.15) is 89.7 Å². The standard InChI is InChI=1S/C35H38N4O6/c1-18-16-36-30(24(18)9-11-33(42)44-7)15-31-25(10-12-34(43)45-8)19(2)28(38-31)13-29-21(4)35(23(6)41)32(39-29)14-27-20(3)26(17-40)22(5)37-27/h13-17,37,39H,5,9-12H2,1-4,6-8H3/b27-14-,28-13-,30-15-. The number of hydrogen-bond acceptors (Lipinski definition) is 8. The highest BCUT2D eigenvalue weighted by atomic mass is 16.5. The minimum atomic E-state index is -0.331. The summed E-state index contributed by atoms with van der Waals surface area (Å²) in [5.41, 5.74) is 9.50. The van der Waals surface area contributed by atoms with Crippen LogP contribution in [0.5, 0.6) is 0 Å². The fourth-order valence-corrected chi connectivity index (χ4v) is 5.59. The van der Waals surface area contributed by atoms with Gasteiger partial charge in [0.2, 0.25) is 0 Å². The molecule has 0 spiro atoms. The van der Waals surface area contributed by atoms with Crippen molar-refractivity contribution in [2.45, 2.75) is 60.3 Å². The summed E-state index contributed by atoms with van der Waals surface area (Å²) in [6.45, 7) is 13.0. The summed E-state index contributed by atoms with van der Waals surface area (Å²) in [6, 6.07) is 0. The summed E-state index contributed by atoms with van der Waals surface area (Å²) in [5, 5.41) is 1.19. The molecule has 234 valence electrons. The van der Waals surface area contributed by atoms with E-state index in [4.69, 9.17) is 14.5 Å². The molecule has 0 saturated carbocycles. The Morgan fingerprint density at radius 1 is 0.867 bits per heavy atom. The molecule has 0 aromatic carbocycles. The molecular formula is C35H38N4O6. The Morgan fingerprint density at radius 3 is 2.09 bits per heavy atom. The third-order valence-electron chi connectivity index (χ3n) is 8.23. The number of aliphatic imine (C=N–C) groups is 2. The average Bonchev–Trinajstić information content (AvgIpc) is 3.69. The highest BCUT2D eigenvalue weighted by Crippen LogP contribution is 2.34. The number of Topliss-reactive ketones (excluding diaryl/α,β-unsaturated/α-hetero) is 1. The van der Waals surface area contributed by atoms with E-state index < -0.39 is 0 Å². The van der Waals surface area contributed by atoms with Crippen LogP contribution in [-0.4, -0.2) is 60.1 Å². The number of aromatic nitrogens is 2. The van der Waals surface area contributed by atoms with Gasteiger partial charge in [-0.15, -0.1) is 0 Å². The molecule has 0 aliphatic carbocycles. The van der Waals surface area contributed by atoms with Gasteiger partial charge in [0.1, 0.15) is 0 Å². The van der Waals surface area contributed by atoms with Crippen LogP contribution in [-0.2, 0) is 19.1 Å². The summed E-state index contributed by atoms with van der Waals surface area (Å²) < 4.78 is 9.70. The summed E-state index contributed by atoms with van der Waals surface area (Å²) in [7, 11) is 2.72. The minimum Gasteiger partial charge on any atom is -0.469 e. The molecule has 0 saturated heterocycles. The molecule has 45 heavy (non-hydrogen) atoms. The minimum absolute atomic E-state index is 0.110. The molecule has 2 N–H and O–H groups in total. The Bertz CT molecular complexity index is 1910. The molecule has 0 fully saturated rings. The van der Waals surface area contributed by atoms with Crippen molar-refractivity contribution in [3.05, 3.63) is 84.1 Å². The lowest BCUT2D eigenvalue weighted by Crippen LogP contribution is -2.10. The van der Waals surface area contributed by atoms with Gasteiger partial charge < -0.3 is 19.4 Å². The number of esters is 2. The lowest BCUT2D eigenvalue weighted by Gasteiger charge is -2.08. The lowest BCUT2D eigenvalue weighted by atomic mass is 9.97. The number of carbonyl (C=O) groups excluding carboxylic acids is 4. The molecule has 10 nitrogen and oxygen atoms in total. The molecule has 2 aliphatic heterocycles. The summed E-state index contributed by atoms with van der Waals surface area (Å²) in [6.07, 6.45) is 9.39. The van der Waals surface area contributed by atoms with Gasteiger partial charge >= 0.3 is 11.9 Å². The summed E-state index contributed by atoms with van der Waals surface area (Å²) >= 11 is 0. The Kier molecular flexibility index (Phi) is 9.96. The maximum atomic E-state index is 12.8. The molecule has 4 rings (SSSR count). The fourth-order valence-electron chi connectivity index (χ4n) is 5.59. The quantitative estimate of drug-likeness (QED) is 0.218. The van der Waals surface area contributed by atoms with E-state index in [1.165, 1.54) is 21.1 Å². The first kappa shape index (κ1) is 32.8. The first-order valence-corrected chi connectivity index (χ1v) is 14.6. The van der Waals surface area contributed by atoms with Crippen LogP contribution in [0.3, 0.4) is 0 Å². The number of H-pyrrole nitrogens is 2. The lowest BCUT2D eigenvalue weighted by molar-refractivity contribution is -0.141. The van der Waals surface area contributed by atoms with E-state index in [9.17, 15) is 19.2 Å². The molecule has 0 radical (unpaired) electrons. The van der Waals surface area contributed by atoms with E-state index in [1.807, 2.05) is 45.9 Å². The molecule has 0 unspecified atom stereocenters. The first-order chi connectivity index (χ1) is 21.4. The third kappa shape index (κ3) is 6.85. The number of ketones is 1. The van der Waals surface area contributed by atoms with Crippen LogP contribution >= 0.6 is 0 Å². The van der Waals surface area contributed by atoms with Gasteiger partial charge in [-0.2, -0.15) is 0 Å². The smallest absolute Gasteiger partial charge is 0.305 e. The van der Waals surface area contributed by atoms with Crippen molar-refractivity contribution >= 4 is 54.7 Å². The molecule has 10 heteroatoms. The number of allylic oxidation sites excluding steroid dienone is 5. The largest absolute Gasteiger partial charge is 0.469 e. The van der Waals surface area contributed by atoms with Gasteiger partial charge in [0.15, 0.2) is 12.1 Å². The fraction of sp³-hybridized carbons (Fsp3) is 0.314. The van der Waals surface area contributed by atoms with E-state index in [-0.39, 0.29) is 30.6 Å². The number of rotatable bonds is 11. The first-order valence-electron chi connectivity index (χ1n) is 14.6. The van der Waals surface area contributed by atoms with Gasteiger partial charge in [-0.1, -0.05) is 6.58 Å². The average molecular weight is 611 g/mol. The van der Waals surface area contributed by atoms with Gasteiger partial charge in [-0.05, 0) is 99.1 Å². The van der Waals surface area contributed by atoms with Crippen LogP contribution < -0.4 is 10.7 Å². The molecule has 4 heterocycles. The number of hydrogen-bond donors (Lipinski definition) is 2. The van der Waals surface area contributed by atoms with Crippen LogP contribution in [0, 0.1) is 13.8 Å². The Morgan fingerprint density at radius 2 is 1.51 bits per heavy atom. The number of ether oxygens (including phenoxy) is 2. The van der Waals surface area contributed by atoms with E-state index in [0.29, 0.717) is 63.2 Å². The van der Waals surface area contributed by atoms with Crippen molar-refractivity contribution in [1.82, 2.24) is 9.97 Å². The van der Waals surface area contributed by atoms with Crippen LogP contribution in [0.15, 0.2) is 49.7 Å². The second-order valence-corrected chi connectivity index (χ2v) is 11.1. The zero-order valence-electron chi connectivity index (χ0n) is 26.8. The van der Waals surface area contributed by atoms with Gasteiger partial charge in [-0.25, -0.2) is 4.99 Å². The SMILES string of the molecule is C=c1[nH]/c(=C\c2[nH]c(/C=C3N=C(/C=C4\N=CC(C)=C4CCC(=O)OC)C(CCC(=O)OC)=C\3C)c(C)c2C(C)=O)c(C)c1C=O. The number of methoxy groups -OCH3 is 2. The van der Waals surface area contributed by atoms with Crippen molar-refractivity contribution in [3.8, 4) is 0 Å². The Labute approximate surface area is 261 Å². The molecule has 2 aromatic heterocycles. The van der Waals surface area contributed by atoms with Crippen LogP contribution in [0.25, 0.3) is 18.7 Å². The van der Waals surface area contributed by atoms with Crippen molar-refractivity contribution in [2.24, 2.45) is 9.98 Å². The molecular weight excluding hydrogens is 572 g/mol. The predicted octanol–water partition coefficient (Wildman–Crippen LogP) is 4.52. The molecule has 2 aromatic rings. The Hall–Kier alpha value is -5.12. The van der Waals surface area contributed by atoms with Crippen molar-refractivity contribution in [2.75, 3.05) is 14.2 Å². The number of nitrogens with zero attached hydrogens (tertiary/aromatic N) is 2. The van der Waals surface area contributed by atoms with E-state index in [1.54, 1.807) is 6.21 Å². The Balaban J connectivity index is 1.82. The number of aromatic amines is 2. The van der Waals surface area contributed by atoms with Gasteiger partial charge in [0.25, 0.3) is 0 Å². The van der Waals surface area contributed by atoms with Gasteiger partial charge in [-0.3, -0.25) is 24.2 Å². The summed E-state index contributed by atoms with van der Waals surface area (Å²) in [4.78, 5) is 64.2. The molecule has 0 atom stereocenters. The third-order valence-corrected chi connectivity index (χ3v) is 8.23. The zero-order valence-corrected chi connectivity index (χ0v) is 26.8. The second kappa shape index (κ2) is 13.7. The van der Waals surface area contributed by atoms with Crippen LogP contribution in [0.2, 0.25) is 0 Å². The zero-order chi connectivity index (χ0) is 33.0. The summed E-state index contributed by atoms with van der Waals surface area (Å²) in [5.74, 6) is -0.742. The number of aldehydes is 1. The van der Waals surface area contributed by atoms with E-state index >= 15 is 0 Å². The van der Waals surface area contributed by atoms with Crippen molar-refractivity contribution < 1.29 is 28.7 Å². The predicted molar refractivity (Wildman–Crippen MR) is 175 cm³/mol. The highest BCUT2D eigenvalue weighted by molar-refractivity contribution is 6.14. The number of nitrogens with one attached hydrogen (secondary N) is 2. The van der Waals surface area contributed by atoms with Gasteiger partial charge in [0, 0.05) is 46.6 Å². The maximum Gasteiger partial charge on any atom is 0.305 e. The van der Waals surface area contributed by atoms with E-state index in [0.717, 1.165) is 39.7 Å². The normalized spacial score (nSPS) is 16.8. The second-order valence-electron chi connectivity index (χ2n) is 11.1. The van der Waals surface area contributed by atoms with Gasteiger partial charge in [0.05, 0.1) is 37.0 Å². The van der Waals surface area contributed by atoms with E-state index in [2.05, 4.69) is 21.5 Å². The monoisotopic (exact) mass is 610 g/mol.